The molecule has 1 nitrogen and oxygen atoms in total. The molecule has 0 radical (unpaired) electrons. The number of hydrogen-bond donors (Lipinski definition) is 1. The maximum Gasteiger partial charge on any atom is 0.137 e. The van der Waals surface area contributed by atoms with E-state index < -0.39 is 6.17 Å². The van der Waals surface area contributed by atoms with Gasteiger partial charge < -0.3 is 5.11 Å². The predicted molar refractivity (Wildman–Crippen MR) is 70.2 cm³/mol. The first-order chi connectivity index (χ1) is 8.17. The van der Waals surface area contributed by atoms with Crippen LogP contribution >= 0.6 is 0 Å². The van der Waals surface area contributed by atoms with Crippen molar-refractivity contribution in [1.29, 1.82) is 0 Å². The molecular formula is C15H17FO. The molecule has 1 atom stereocenters. The molecule has 0 fully saturated rings. The fourth-order valence-electron chi connectivity index (χ4n) is 1.35. The fraction of sp³-hybridized carbons (Fsp3) is 0.200. The Morgan fingerprint density at radius 2 is 2.06 bits per heavy atom. The van der Waals surface area contributed by atoms with Gasteiger partial charge >= 0.3 is 0 Å². The van der Waals surface area contributed by atoms with Gasteiger partial charge in [-0.1, -0.05) is 49.1 Å². The molecule has 17 heavy (non-hydrogen) atoms. The molecule has 2 heteroatoms. The number of halogens is 1. The van der Waals surface area contributed by atoms with Crippen LogP contribution in [0.15, 0.2) is 55.1 Å². The number of aliphatic hydroxyl groups is 1. The molecule has 0 amide bonds. The number of rotatable bonds is 5. The van der Waals surface area contributed by atoms with Gasteiger partial charge in [0.2, 0.25) is 0 Å². The van der Waals surface area contributed by atoms with Crippen molar-refractivity contribution in [3.8, 4) is 0 Å². The molecular weight excluding hydrogens is 215 g/mol. The highest BCUT2D eigenvalue weighted by Crippen LogP contribution is 2.14. The summed E-state index contributed by atoms with van der Waals surface area (Å²) in [5.74, 6) is 0. The van der Waals surface area contributed by atoms with Gasteiger partial charge in [0.1, 0.15) is 6.17 Å². The number of aliphatic hydroxyl groups excluding tert-OH is 1. The Balaban J connectivity index is 2.74. The molecule has 0 aromatic heterocycles. The van der Waals surface area contributed by atoms with Gasteiger partial charge in [0, 0.05) is 0 Å². The topological polar surface area (TPSA) is 20.2 Å². The first-order valence-electron chi connectivity index (χ1n) is 5.49. The van der Waals surface area contributed by atoms with Crippen LogP contribution in [0.4, 0.5) is 4.39 Å². The lowest BCUT2D eigenvalue weighted by Gasteiger charge is -2.02. The third-order valence-electron chi connectivity index (χ3n) is 2.46. The van der Waals surface area contributed by atoms with Gasteiger partial charge in [-0.2, -0.15) is 0 Å². The van der Waals surface area contributed by atoms with Crippen LogP contribution in [0, 0.1) is 0 Å². The van der Waals surface area contributed by atoms with Gasteiger partial charge in [0.15, 0.2) is 0 Å². The van der Waals surface area contributed by atoms with E-state index in [0.717, 1.165) is 16.7 Å². The quantitative estimate of drug-likeness (QED) is 0.606. The highest BCUT2D eigenvalue weighted by molar-refractivity contribution is 5.65. The molecule has 0 saturated carbocycles. The van der Waals surface area contributed by atoms with Crippen molar-refractivity contribution in [2.75, 3.05) is 0 Å². The molecule has 1 aromatic rings. The molecule has 0 heterocycles. The van der Waals surface area contributed by atoms with Crippen LogP contribution in [0.2, 0.25) is 0 Å². The first-order valence-corrected chi connectivity index (χ1v) is 5.49. The van der Waals surface area contributed by atoms with Crippen LogP contribution in [-0.4, -0.2) is 11.3 Å². The van der Waals surface area contributed by atoms with Gasteiger partial charge in [-0.25, -0.2) is 4.39 Å². The van der Waals surface area contributed by atoms with Crippen molar-refractivity contribution < 1.29 is 9.50 Å². The summed E-state index contributed by atoms with van der Waals surface area (Å²) in [6.07, 6.45) is 5.12. The van der Waals surface area contributed by atoms with Crippen molar-refractivity contribution in [3.05, 3.63) is 66.3 Å². The van der Waals surface area contributed by atoms with Crippen LogP contribution in [0.25, 0.3) is 5.57 Å². The highest BCUT2D eigenvalue weighted by Gasteiger charge is 1.95. The smallest absolute Gasteiger partial charge is 0.137 e. The lowest BCUT2D eigenvalue weighted by atomic mass is 10.1. The minimum Gasteiger partial charge on any atom is -0.392 e. The second-order valence-electron chi connectivity index (χ2n) is 3.77. The molecule has 0 spiro atoms. The summed E-state index contributed by atoms with van der Waals surface area (Å²) in [6, 6.07) is 7.62. The van der Waals surface area contributed by atoms with Gasteiger partial charge in [-0.3, -0.25) is 0 Å². The molecule has 1 rings (SSSR count). The van der Waals surface area contributed by atoms with Crippen LogP contribution in [0.5, 0.6) is 0 Å². The SMILES string of the molecule is C=CC(F)C=C/C=C(\C)c1ccc(CO)cc1. The van der Waals surface area contributed by atoms with E-state index >= 15 is 0 Å². The second-order valence-corrected chi connectivity index (χ2v) is 3.77. The molecule has 1 aromatic carbocycles. The van der Waals surface area contributed by atoms with Crippen LogP contribution < -0.4 is 0 Å². The van der Waals surface area contributed by atoms with E-state index in [0.29, 0.717) is 0 Å². The third-order valence-corrected chi connectivity index (χ3v) is 2.46. The maximum absolute atomic E-state index is 12.8. The van der Waals surface area contributed by atoms with Gasteiger partial charge in [0.05, 0.1) is 6.61 Å². The van der Waals surface area contributed by atoms with Crippen LogP contribution in [0.3, 0.4) is 0 Å². The lowest BCUT2D eigenvalue weighted by molar-refractivity contribution is 0.282. The molecule has 0 saturated heterocycles. The van der Waals surface area contributed by atoms with Crippen LogP contribution in [0.1, 0.15) is 18.1 Å². The number of hydrogen-bond acceptors (Lipinski definition) is 1. The molecule has 0 bridgehead atoms. The zero-order valence-electron chi connectivity index (χ0n) is 9.94. The molecule has 90 valence electrons. The predicted octanol–water partition coefficient (Wildman–Crippen LogP) is 3.66. The minimum absolute atomic E-state index is 0.0474. The van der Waals surface area contributed by atoms with Crippen molar-refractivity contribution in [2.45, 2.75) is 19.7 Å². The summed E-state index contributed by atoms with van der Waals surface area (Å²) in [5.41, 5.74) is 2.98. The summed E-state index contributed by atoms with van der Waals surface area (Å²) in [6.45, 7) is 5.37. The van der Waals surface area contributed by atoms with E-state index in [1.807, 2.05) is 37.3 Å². The van der Waals surface area contributed by atoms with Crippen molar-refractivity contribution >= 4 is 5.57 Å². The summed E-state index contributed by atoms with van der Waals surface area (Å²) < 4.78 is 12.8. The minimum atomic E-state index is -1.10. The third kappa shape index (κ3) is 4.37. The highest BCUT2D eigenvalue weighted by atomic mass is 19.1. The summed E-state index contributed by atoms with van der Waals surface area (Å²) in [7, 11) is 0. The van der Waals surface area contributed by atoms with Gasteiger partial charge in [-0.05, 0) is 29.7 Å². The van der Waals surface area contributed by atoms with E-state index in [1.165, 1.54) is 12.2 Å². The Hall–Kier alpha value is -1.67. The monoisotopic (exact) mass is 232 g/mol. The Bertz CT molecular complexity index is 415. The maximum atomic E-state index is 12.8. The van der Waals surface area contributed by atoms with E-state index in [1.54, 1.807) is 6.08 Å². The number of allylic oxidation sites excluding steroid dienone is 5. The fourth-order valence-corrected chi connectivity index (χ4v) is 1.35. The van der Waals surface area contributed by atoms with Crippen molar-refractivity contribution in [1.82, 2.24) is 0 Å². The molecule has 0 aliphatic carbocycles. The van der Waals surface area contributed by atoms with Gasteiger partial charge in [0.25, 0.3) is 0 Å². The van der Waals surface area contributed by atoms with E-state index in [2.05, 4.69) is 6.58 Å². The van der Waals surface area contributed by atoms with Crippen molar-refractivity contribution in [2.24, 2.45) is 0 Å². The largest absolute Gasteiger partial charge is 0.392 e. The zero-order valence-corrected chi connectivity index (χ0v) is 9.94. The Kier molecular flexibility index (Phi) is 5.37. The average Bonchev–Trinajstić information content (AvgIpc) is 2.38. The number of benzene rings is 1. The lowest BCUT2D eigenvalue weighted by Crippen LogP contribution is -1.86. The van der Waals surface area contributed by atoms with Crippen LogP contribution in [-0.2, 0) is 6.61 Å². The molecule has 1 unspecified atom stereocenters. The van der Waals surface area contributed by atoms with Gasteiger partial charge in [-0.15, -0.1) is 0 Å². The zero-order chi connectivity index (χ0) is 12.7. The summed E-state index contributed by atoms with van der Waals surface area (Å²) >= 11 is 0. The standard InChI is InChI=1S/C15H17FO/c1-3-15(16)6-4-5-12(2)14-9-7-13(11-17)8-10-14/h3-10,15,17H,1,11H2,2H3/b6-4?,12-5+. The van der Waals surface area contributed by atoms with Crippen molar-refractivity contribution in [3.63, 3.8) is 0 Å². The average molecular weight is 232 g/mol. The molecule has 0 aliphatic rings. The Morgan fingerprint density at radius 1 is 1.41 bits per heavy atom. The van der Waals surface area contributed by atoms with E-state index in [4.69, 9.17) is 5.11 Å². The number of alkyl halides is 1. The van der Waals surface area contributed by atoms with E-state index in [9.17, 15) is 4.39 Å². The normalized spacial score (nSPS) is 13.9. The Morgan fingerprint density at radius 3 is 2.59 bits per heavy atom. The first kappa shape index (κ1) is 13.4. The second kappa shape index (κ2) is 6.81. The summed E-state index contributed by atoms with van der Waals surface area (Å²) in [5, 5.41) is 8.92. The molecule has 1 N–H and O–H groups in total. The summed E-state index contributed by atoms with van der Waals surface area (Å²) in [4.78, 5) is 0. The Labute approximate surface area is 102 Å². The van der Waals surface area contributed by atoms with E-state index in [-0.39, 0.29) is 6.61 Å². The molecule has 0 aliphatic heterocycles.